The summed E-state index contributed by atoms with van der Waals surface area (Å²) in [7, 11) is 0. The highest BCUT2D eigenvalue weighted by atomic mass is 16.5. The molecule has 6 heteroatoms. The van der Waals surface area contributed by atoms with E-state index in [-0.39, 0.29) is 0 Å². The van der Waals surface area contributed by atoms with Crippen LogP contribution in [0.5, 0.6) is 0 Å². The molecule has 0 rings (SSSR count). The first-order valence-electron chi connectivity index (χ1n) is 23.5. The van der Waals surface area contributed by atoms with Crippen molar-refractivity contribution in [2.75, 3.05) is 13.2 Å². The average Bonchev–Trinajstić information content (AvgIpc) is 3.14. The minimum Gasteiger partial charge on any atom is -0.464 e. The Morgan fingerprint density at radius 2 is 0.642 bits per heavy atom. The van der Waals surface area contributed by atoms with Crippen molar-refractivity contribution in [1.82, 2.24) is 0 Å². The number of esters is 2. The summed E-state index contributed by atoms with van der Waals surface area (Å²) >= 11 is 0. The summed E-state index contributed by atoms with van der Waals surface area (Å²) in [6, 6.07) is 0. The van der Waals surface area contributed by atoms with Gasteiger partial charge < -0.3 is 19.7 Å². The summed E-state index contributed by atoms with van der Waals surface area (Å²) in [6.07, 6.45) is 42.6. The fraction of sp³-hybridized carbons (Fsp3) is 0.957. The van der Waals surface area contributed by atoms with Crippen molar-refractivity contribution in [3.63, 3.8) is 0 Å². The van der Waals surface area contributed by atoms with Gasteiger partial charge in [0.05, 0.1) is 13.2 Å². The van der Waals surface area contributed by atoms with Crippen LogP contribution in [0, 0.1) is 5.92 Å². The van der Waals surface area contributed by atoms with Gasteiger partial charge in [-0.15, -0.1) is 0 Å². The molecule has 6 nitrogen and oxygen atoms in total. The third kappa shape index (κ3) is 46.9. The Balaban J connectivity index is 0. The molecule has 53 heavy (non-hydrogen) atoms. The Kier molecular flexibility index (Phi) is 46.1. The lowest BCUT2D eigenvalue weighted by Crippen LogP contribution is -2.23. The molecule has 0 aliphatic carbocycles. The SMILES string of the molecule is CC(C)CCCCCCCCCCCCCCCOC(=O)C(C)O.CCCCCCCCCCCCCCCCC(O)C(=O)OCCCCCCCC. The molecule has 0 spiro atoms. The van der Waals surface area contributed by atoms with Gasteiger partial charge in [-0.25, -0.2) is 9.59 Å². The van der Waals surface area contributed by atoms with E-state index in [1.54, 1.807) is 0 Å². The van der Waals surface area contributed by atoms with E-state index in [0.29, 0.717) is 19.6 Å². The summed E-state index contributed by atoms with van der Waals surface area (Å²) < 4.78 is 10.1. The lowest BCUT2D eigenvalue weighted by atomic mass is 10.0. The van der Waals surface area contributed by atoms with Crippen LogP contribution in [0.4, 0.5) is 0 Å². The fourth-order valence-corrected chi connectivity index (χ4v) is 6.69. The van der Waals surface area contributed by atoms with Crippen LogP contribution in [0.1, 0.15) is 259 Å². The molecule has 0 aliphatic rings. The van der Waals surface area contributed by atoms with Crippen LogP contribution < -0.4 is 0 Å². The van der Waals surface area contributed by atoms with Crippen LogP contribution in [-0.4, -0.2) is 47.6 Å². The zero-order valence-electron chi connectivity index (χ0n) is 36.4. The Labute approximate surface area is 331 Å². The molecular formula is C47H94O6. The van der Waals surface area contributed by atoms with E-state index in [4.69, 9.17) is 14.6 Å². The van der Waals surface area contributed by atoms with Gasteiger partial charge in [0.15, 0.2) is 6.10 Å². The highest BCUT2D eigenvalue weighted by Crippen LogP contribution is 2.16. The molecule has 0 aromatic heterocycles. The van der Waals surface area contributed by atoms with Crippen molar-refractivity contribution < 1.29 is 29.3 Å². The fourth-order valence-electron chi connectivity index (χ4n) is 6.69. The predicted molar refractivity (Wildman–Crippen MR) is 227 cm³/mol. The number of rotatable bonds is 40. The van der Waals surface area contributed by atoms with Crippen LogP contribution >= 0.6 is 0 Å². The van der Waals surface area contributed by atoms with Crippen molar-refractivity contribution in [3.05, 3.63) is 0 Å². The monoisotopic (exact) mass is 755 g/mol. The first-order chi connectivity index (χ1) is 25.8. The molecule has 0 heterocycles. The Bertz CT molecular complexity index is 724. The zero-order chi connectivity index (χ0) is 39.5. The maximum Gasteiger partial charge on any atom is 0.334 e. The van der Waals surface area contributed by atoms with Gasteiger partial charge in [0.25, 0.3) is 0 Å². The summed E-state index contributed by atoms with van der Waals surface area (Å²) in [6.45, 7) is 11.4. The maximum atomic E-state index is 11.8. The van der Waals surface area contributed by atoms with Crippen molar-refractivity contribution in [3.8, 4) is 0 Å². The van der Waals surface area contributed by atoms with Gasteiger partial charge in [0.2, 0.25) is 0 Å². The van der Waals surface area contributed by atoms with Crippen LogP contribution in [0.15, 0.2) is 0 Å². The van der Waals surface area contributed by atoms with E-state index in [1.165, 1.54) is 187 Å². The number of carbonyl (C=O) groups is 2. The molecule has 0 aromatic carbocycles. The molecule has 318 valence electrons. The Morgan fingerprint density at radius 3 is 0.943 bits per heavy atom. The van der Waals surface area contributed by atoms with Gasteiger partial charge in [0, 0.05) is 0 Å². The number of ether oxygens (including phenoxy) is 2. The van der Waals surface area contributed by atoms with Crippen LogP contribution in [0.3, 0.4) is 0 Å². The molecule has 0 fully saturated rings. The minimum atomic E-state index is -0.995. The molecule has 0 radical (unpaired) electrons. The Morgan fingerprint density at radius 1 is 0.377 bits per heavy atom. The maximum absolute atomic E-state index is 11.8. The first-order valence-corrected chi connectivity index (χ1v) is 23.5. The second kappa shape index (κ2) is 45.3. The summed E-state index contributed by atoms with van der Waals surface area (Å²) in [4.78, 5) is 22.8. The molecular weight excluding hydrogens is 661 g/mol. The lowest BCUT2D eigenvalue weighted by Gasteiger charge is -2.10. The lowest BCUT2D eigenvalue weighted by molar-refractivity contribution is -0.154. The van der Waals surface area contributed by atoms with Crippen molar-refractivity contribution in [2.24, 2.45) is 5.92 Å². The second-order valence-electron chi connectivity index (χ2n) is 16.5. The van der Waals surface area contributed by atoms with E-state index in [1.807, 2.05) is 0 Å². The molecule has 0 aromatic rings. The van der Waals surface area contributed by atoms with Crippen LogP contribution in [0.25, 0.3) is 0 Å². The number of hydrogen-bond acceptors (Lipinski definition) is 6. The van der Waals surface area contributed by atoms with Gasteiger partial charge in [-0.2, -0.15) is 0 Å². The third-order valence-electron chi connectivity index (χ3n) is 10.4. The molecule has 2 N–H and O–H groups in total. The highest BCUT2D eigenvalue weighted by molar-refractivity contribution is 5.74. The topological polar surface area (TPSA) is 93.1 Å². The number of aliphatic hydroxyl groups is 2. The number of unbranched alkanes of at least 4 members (excludes halogenated alkanes) is 30. The molecule has 2 unspecified atom stereocenters. The minimum absolute atomic E-state index is 0.423. The van der Waals surface area contributed by atoms with Gasteiger partial charge in [-0.1, -0.05) is 233 Å². The van der Waals surface area contributed by atoms with Crippen molar-refractivity contribution in [1.29, 1.82) is 0 Å². The van der Waals surface area contributed by atoms with Crippen molar-refractivity contribution in [2.45, 2.75) is 272 Å². The average molecular weight is 755 g/mol. The molecule has 0 saturated heterocycles. The quantitative estimate of drug-likeness (QED) is 0.0478. The van der Waals surface area contributed by atoms with Crippen LogP contribution in [0.2, 0.25) is 0 Å². The van der Waals surface area contributed by atoms with Gasteiger partial charge in [-0.3, -0.25) is 0 Å². The second-order valence-corrected chi connectivity index (χ2v) is 16.5. The summed E-state index contributed by atoms with van der Waals surface area (Å²) in [5, 5.41) is 18.9. The first kappa shape index (κ1) is 54.0. The van der Waals surface area contributed by atoms with Gasteiger partial charge >= 0.3 is 11.9 Å². The standard InChI is InChI=1S/C26H52O3.C21H42O3/c1-3-5-7-9-11-12-13-14-15-16-17-18-19-21-23-25(27)26(28)29-24-22-20-10-8-6-4-2;1-19(2)17-15-13-11-9-7-5-4-6-8-10-12-14-16-18-24-21(23)20(3)22/h25,27H,3-24H2,1-2H3;19-20,22H,4-18H2,1-3H3. The zero-order valence-corrected chi connectivity index (χ0v) is 36.4. The molecule has 0 amide bonds. The molecule has 2 atom stereocenters. The molecule has 0 saturated carbocycles. The largest absolute Gasteiger partial charge is 0.464 e. The predicted octanol–water partition coefficient (Wildman–Crippen LogP) is 14.2. The van der Waals surface area contributed by atoms with Gasteiger partial charge in [0.1, 0.15) is 6.10 Å². The van der Waals surface area contributed by atoms with E-state index in [2.05, 4.69) is 27.7 Å². The van der Waals surface area contributed by atoms with E-state index in [9.17, 15) is 14.7 Å². The van der Waals surface area contributed by atoms with Crippen LogP contribution in [-0.2, 0) is 19.1 Å². The summed E-state index contributed by atoms with van der Waals surface area (Å²) in [5.41, 5.74) is 0. The normalized spacial score (nSPS) is 12.4. The van der Waals surface area contributed by atoms with Gasteiger partial charge in [-0.05, 0) is 32.1 Å². The Hall–Kier alpha value is -1.14. The molecule has 0 bridgehead atoms. The number of hydrogen-bond donors (Lipinski definition) is 2. The smallest absolute Gasteiger partial charge is 0.334 e. The molecule has 0 aliphatic heterocycles. The van der Waals surface area contributed by atoms with E-state index >= 15 is 0 Å². The third-order valence-corrected chi connectivity index (χ3v) is 10.4. The summed E-state index contributed by atoms with van der Waals surface area (Å²) in [5.74, 6) is -0.0626. The number of aliphatic hydroxyl groups excluding tert-OH is 2. The number of carbonyl (C=O) groups excluding carboxylic acids is 2. The highest BCUT2D eigenvalue weighted by Gasteiger charge is 2.15. The van der Waals surface area contributed by atoms with Crippen molar-refractivity contribution >= 4 is 11.9 Å². The van der Waals surface area contributed by atoms with E-state index in [0.717, 1.165) is 44.4 Å². The van der Waals surface area contributed by atoms with E-state index < -0.39 is 24.1 Å².